The number of aryl methyl sites for hydroxylation is 2. The van der Waals surface area contributed by atoms with Gasteiger partial charge in [0.25, 0.3) is 0 Å². The van der Waals surface area contributed by atoms with Crippen LogP contribution in [0.1, 0.15) is 17.2 Å². The van der Waals surface area contributed by atoms with Crippen molar-refractivity contribution in [2.24, 2.45) is 11.8 Å². The van der Waals surface area contributed by atoms with Gasteiger partial charge in [0.1, 0.15) is 11.6 Å². The standard InChI is InChI=1S/C18H24N4O2/c1-12-5-15(6-13(2)21-12)23-10-14-11-24-17-8-22(7-16(14)17)9-18-19-3-4-20-18/h3-6,14,16-17H,7-11H2,1-2H3,(H,19,20)/t14-,16+,17+/m0/s1. The van der Waals surface area contributed by atoms with Gasteiger partial charge in [0.15, 0.2) is 0 Å². The van der Waals surface area contributed by atoms with Crippen LogP contribution in [0.5, 0.6) is 5.75 Å². The van der Waals surface area contributed by atoms with E-state index in [-0.39, 0.29) is 0 Å². The molecule has 0 radical (unpaired) electrons. The minimum absolute atomic E-state index is 0.328. The highest BCUT2D eigenvalue weighted by atomic mass is 16.5. The maximum atomic E-state index is 6.04. The van der Waals surface area contributed by atoms with Gasteiger partial charge in [0.05, 0.1) is 25.9 Å². The highest BCUT2D eigenvalue weighted by Crippen LogP contribution is 2.34. The van der Waals surface area contributed by atoms with E-state index in [0.717, 1.165) is 49.2 Å². The smallest absolute Gasteiger partial charge is 0.122 e. The highest BCUT2D eigenvalue weighted by molar-refractivity contribution is 5.26. The summed E-state index contributed by atoms with van der Waals surface area (Å²) in [4.78, 5) is 14.3. The van der Waals surface area contributed by atoms with E-state index in [0.29, 0.717) is 24.5 Å². The number of fused-ring (bicyclic) bond motifs is 1. The molecule has 2 saturated heterocycles. The van der Waals surface area contributed by atoms with Gasteiger partial charge in [0, 0.05) is 60.8 Å². The lowest BCUT2D eigenvalue weighted by Crippen LogP contribution is -2.27. The second-order valence-corrected chi connectivity index (χ2v) is 6.92. The maximum Gasteiger partial charge on any atom is 0.122 e. The highest BCUT2D eigenvalue weighted by Gasteiger charge is 2.44. The summed E-state index contributed by atoms with van der Waals surface area (Å²) in [6.07, 6.45) is 4.00. The topological polar surface area (TPSA) is 63.3 Å². The summed E-state index contributed by atoms with van der Waals surface area (Å²) in [5.41, 5.74) is 1.99. The van der Waals surface area contributed by atoms with Crippen LogP contribution in [0.4, 0.5) is 0 Å². The van der Waals surface area contributed by atoms with Crippen LogP contribution in [0.3, 0.4) is 0 Å². The summed E-state index contributed by atoms with van der Waals surface area (Å²) in [5.74, 6) is 2.92. The van der Waals surface area contributed by atoms with Crippen molar-refractivity contribution in [3.05, 3.63) is 41.7 Å². The van der Waals surface area contributed by atoms with Crippen LogP contribution in [-0.4, -0.2) is 52.3 Å². The molecule has 1 N–H and O–H groups in total. The van der Waals surface area contributed by atoms with Crippen molar-refractivity contribution in [2.45, 2.75) is 26.5 Å². The third kappa shape index (κ3) is 3.30. The molecule has 24 heavy (non-hydrogen) atoms. The van der Waals surface area contributed by atoms with Gasteiger partial charge in [-0.05, 0) is 13.8 Å². The second kappa shape index (κ2) is 6.53. The predicted octanol–water partition coefficient (Wildman–Crippen LogP) is 1.95. The Bertz CT molecular complexity index is 668. The third-order valence-corrected chi connectivity index (χ3v) is 4.96. The molecule has 6 heteroatoms. The van der Waals surface area contributed by atoms with Crippen LogP contribution in [0.2, 0.25) is 0 Å². The molecule has 0 saturated carbocycles. The fourth-order valence-electron chi connectivity index (χ4n) is 3.86. The molecule has 0 unspecified atom stereocenters. The largest absolute Gasteiger partial charge is 0.493 e. The summed E-state index contributed by atoms with van der Waals surface area (Å²) >= 11 is 0. The second-order valence-electron chi connectivity index (χ2n) is 6.92. The molecular weight excluding hydrogens is 304 g/mol. The first kappa shape index (κ1) is 15.6. The Morgan fingerprint density at radius 1 is 1.29 bits per heavy atom. The van der Waals surface area contributed by atoms with E-state index in [1.165, 1.54) is 0 Å². The number of rotatable bonds is 5. The van der Waals surface area contributed by atoms with Crippen LogP contribution < -0.4 is 4.74 Å². The Hall–Kier alpha value is -1.92. The van der Waals surface area contributed by atoms with Crippen LogP contribution in [0.25, 0.3) is 0 Å². The predicted molar refractivity (Wildman–Crippen MR) is 89.8 cm³/mol. The molecule has 2 aliphatic heterocycles. The normalized spacial score (nSPS) is 26.7. The van der Waals surface area contributed by atoms with Gasteiger partial charge >= 0.3 is 0 Å². The van der Waals surface area contributed by atoms with Crippen LogP contribution >= 0.6 is 0 Å². The van der Waals surface area contributed by atoms with Gasteiger partial charge in [-0.15, -0.1) is 0 Å². The zero-order chi connectivity index (χ0) is 16.5. The molecule has 0 amide bonds. The lowest BCUT2D eigenvalue weighted by Gasteiger charge is -2.19. The Morgan fingerprint density at radius 3 is 2.88 bits per heavy atom. The SMILES string of the molecule is Cc1cc(OC[C@H]2CO[C@@H]3CN(Cc4ncc[nH]4)C[C@H]23)cc(C)n1. The summed E-state index contributed by atoms with van der Waals surface area (Å²) in [7, 11) is 0. The van der Waals surface area contributed by atoms with Crippen LogP contribution in [-0.2, 0) is 11.3 Å². The van der Waals surface area contributed by atoms with E-state index in [1.807, 2.05) is 32.2 Å². The summed E-state index contributed by atoms with van der Waals surface area (Å²) in [6, 6.07) is 4.00. The van der Waals surface area contributed by atoms with Crippen molar-refractivity contribution in [1.82, 2.24) is 19.9 Å². The number of aromatic nitrogens is 3. The fraction of sp³-hybridized carbons (Fsp3) is 0.556. The molecule has 0 aromatic carbocycles. The quantitative estimate of drug-likeness (QED) is 0.909. The number of pyridine rings is 1. The molecule has 128 valence electrons. The Labute approximate surface area is 142 Å². The minimum Gasteiger partial charge on any atom is -0.493 e. The molecule has 4 rings (SSSR count). The molecule has 0 spiro atoms. The average molecular weight is 328 g/mol. The Morgan fingerprint density at radius 2 is 2.12 bits per heavy atom. The molecule has 6 nitrogen and oxygen atoms in total. The monoisotopic (exact) mass is 328 g/mol. The first-order valence-electron chi connectivity index (χ1n) is 8.57. The van der Waals surface area contributed by atoms with E-state index in [2.05, 4.69) is 19.9 Å². The number of ether oxygens (including phenoxy) is 2. The van der Waals surface area contributed by atoms with Gasteiger partial charge < -0.3 is 14.5 Å². The van der Waals surface area contributed by atoms with E-state index in [1.54, 1.807) is 6.20 Å². The van der Waals surface area contributed by atoms with Crippen molar-refractivity contribution < 1.29 is 9.47 Å². The van der Waals surface area contributed by atoms with Gasteiger partial charge in [-0.2, -0.15) is 0 Å². The third-order valence-electron chi connectivity index (χ3n) is 4.96. The van der Waals surface area contributed by atoms with Crippen molar-refractivity contribution in [2.75, 3.05) is 26.3 Å². The number of hydrogen-bond acceptors (Lipinski definition) is 5. The molecule has 3 atom stereocenters. The number of nitrogens with one attached hydrogen (secondary N) is 1. The summed E-state index contributed by atoms with van der Waals surface area (Å²) in [5, 5.41) is 0. The van der Waals surface area contributed by atoms with E-state index >= 15 is 0 Å². The number of H-pyrrole nitrogens is 1. The number of imidazole rings is 1. The molecule has 2 aliphatic rings. The van der Waals surface area contributed by atoms with E-state index in [4.69, 9.17) is 9.47 Å². The van der Waals surface area contributed by atoms with Gasteiger partial charge in [-0.1, -0.05) is 0 Å². The van der Waals surface area contributed by atoms with Gasteiger partial charge in [-0.3, -0.25) is 9.88 Å². The van der Waals surface area contributed by atoms with E-state index in [9.17, 15) is 0 Å². The first-order chi connectivity index (χ1) is 11.7. The molecule has 2 aromatic heterocycles. The zero-order valence-corrected chi connectivity index (χ0v) is 14.2. The number of likely N-dealkylation sites (tertiary alicyclic amines) is 1. The summed E-state index contributed by atoms with van der Waals surface area (Å²) < 4.78 is 12.1. The Kier molecular flexibility index (Phi) is 4.24. The van der Waals surface area contributed by atoms with Gasteiger partial charge in [0.2, 0.25) is 0 Å². The maximum absolute atomic E-state index is 6.04. The molecule has 2 fully saturated rings. The van der Waals surface area contributed by atoms with Crippen molar-refractivity contribution in [3.63, 3.8) is 0 Å². The lowest BCUT2D eigenvalue weighted by molar-refractivity contribution is 0.0893. The molecule has 0 aliphatic carbocycles. The number of nitrogens with zero attached hydrogens (tertiary/aromatic N) is 3. The summed E-state index contributed by atoms with van der Waals surface area (Å²) in [6.45, 7) is 8.39. The molecule has 2 aromatic rings. The van der Waals surface area contributed by atoms with Crippen molar-refractivity contribution in [3.8, 4) is 5.75 Å². The van der Waals surface area contributed by atoms with Crippen molar-refractivity contribution in [1.29, 1.82) is 0 Å². The molecule has 4 heterocycles. The first-order valence-corrected chi connectivity index (χ1v) is 8.57. The van der Waals surface area contributed by atoms with Crippen LogP contribution in [0, 0.1) is 25.7 Å². The minimum atomic E-state index is 0.328. The van der Waals surface area contributed by atoms with Crippen LogP contribution in [0.15, 0.2) is 24.5 Å². The van der Waals surface area contributed by atoms with Gasteiger partial charge in [-0.25, -0.2) is 4.98 Å². The number of hydrogen-bond donors (Lipinski definition) is 1. The zero-order valence-electron chi connectivity index (χ0n) is 14.2. The molecule has 0 bridgehead atoms. The lowest BCUT2D eigenvalue weighted by atomic mass is 9.94. The molecular formula is C18H24N4O2. The number of aromatic amines is 1. The Balaban J connectivity index is 1.34. The fourth-order valence-corrected chi connectivity index (χ4v) is 3.86. The van der Waals surface area contributed by atoms with E-state index < -0.39 is 0 Å². The average Bonchev–Trinajstić information content (AvgIpc) is 3.22. The van der Waals surface area contributed by atoms with Crippen molar-refractivity contribution >= 4 is 0 Å².